The van der Waals surface area contributed by atoms with Gasteiger partial charge >= 0.3 is 0 Å². The standard InChI is InChI=1S/C45H82N8O8/c1-14-18-22-26-34-38(54)46-30(5)41(57)51(11)35(27-23-19-15-2)39(55)48-32(7)43(59)53(13)37(29-25-21-17-4)45(61)49(9)33(8)44(60)52(12)36(28-24-20-16-3)40(56)47-31(6)42(58)50(34)10/h30-37H,14-29H2,1-13H3,(H,46,54)(H,47,56)(H,48,55)/t30-,31-,32-,33-,34+,35+,36+,37+/m1/s1. The zero-order valence-corrected chi connectivity index (χ0v) is 39.9. The van der Waals surface area contributed by atoms with Crippen LogP contribution in [0.25, 0.3) is 0 Å². The number of unbranched alkanes of at least 4 members (excludes halogenated alkanes) is 8. The van der Waals surface area contributed by atoms with Crippen molar-refractivity contribution in [2.75, 3.05) is 35.2 Å². The van der Waals surface area contributed by atoms with Gasteiger partial charge in [0.25, 0.3) is 0 Å². The number of carbonyl (C=O) groups excluding carboxylic acids is 8. The van der Waals surface area contributed by atoms with Gasteiger partial charge in [-0.1, -0.05) is 105 Å². The molecule has 0 unspecified atom stereocenters. The molecule has 0 spiro atoms. The maximum absolute atomic E-state index is 14.3. The Hall–Kier alpha value is -4.24. The molecule has 0 aromatic carbocycles. The lowest BCUT2D eigenvalue weighted by atomic mass is 10.0. The molecule has 16 heteroatoms. The van der Waals surface area contributed by atoms with Crippen LogP contribution < -0.4 is 16.0 Å². The molecule has 0 radical (unpaired) electrons. The van der Waals surface area contributed by atoms with Crippen molar-refractivity contribution in [3.05, 3.63) is 0 Å². The molecule has 1 fully saturated rings. The highest BCUT2D eigenvalue weighted by Crippen LogP contribution is 2.19. The summed E-state index contributed by atoms with van der Waals surface area (Å²) in [5, 5.41) is 8.38. The molecule has 1 saturated heterocycles. The fourth-order valence-corrected chi connectivity index (χ4v) is 7.87. The molecule has 350 valence electrons. The summed E-state index contributed by atoms with van der Waals surface area (Å²) in [4.78, 5) is 119. The fourth-order valence-electron chi connectivity index (χ4n) is 7.87. The van der Waals surface area contributed by atoms with Crippen LogP contribution in [0.3, 0.4) is 0 Å². The van der Waals surface area contributed by atoms with Crippen molar-refractivity contribution in [1.82, 2.24) is 40.4 Å². The first kappa shape index (κ1) is 54.8. The molecule has 1 heterocycles. The summed E-state index contributed by atoms with van der Waals surface area (Å²) in [6.07, 6.45) is 10.5. The zero-order chi connectivity index (χ0) is 46.6. The molecule has 16 nitrogen and oxygen atoms in total. The molecule has 0 bridgehead atoms. The molecule has 1 rings (SSSR count). The summed E-state index contributed by atoms with van der Waals surface area (Å²) in [5.74, 6) is -4.15. The number of nitrogens with zero attached hydrogens (tertiary/aromatic N) is 5. The minimum atomic E-state index is -1.07. The van der Waals surface area contributed by atoms with Crippen molar-refractivity contribution in [2.45, 2.75) is 206 Å². The largest absolute Gasteiger partial charge is 0.343 e. The molecular formula is C45H82N8O8. The first-order chi connectivity index (χ1) is 28.7. The first-order valence-electron chi connectivity index (χ1n) is 23.0. The zero-order valence-electron chi connectivity index (χ0n) is 39.9. The van der Waals surface area contributed by atoms with Gasteiger partial charge in [0.05, 0.1) is 0 Å². The van der Waals surface area contributed by atoms with E-state index in [0.717, 1.165) is 51.4 Å². The van der Waals surface area contributed by atoms with Gasteiger partial charge in [-0.3, -0.25) is 38.4 Å². The fraction of sp³-hybridized carbons (Fsp3) is 0.822. The van der Waals surface area contributed by atoms with Crippen molar-refractivity contribution in [3.63, 3.8) is 0 Å². The summed E-state index contributed by atoms with van der Waals surface area (Å²) in [6.45, 7) is 14.3. The third-order valence-corrected chi connectivity index (χ3v) is 12.3. The van der Waals surface area contributed by atoms with Crippen molar-refractivity contribution < 1.29 is 38.4 Å². The number of nitrogens with one attached hydrogen (secondary N) is 3. The molecule has 1 aliphatic rings. The summed E-state index contributed by atoms with van der Waals surface area (Å²) >= 11 is 0. The van der Waals surface area contributed by atoms with E-state index in [1.54, 1.807) is 6.92 Å². The number of hydrogen-bond donors (Lipinski definition) is 3. The number of carbonyl (C=O) groups is 8. The predicted octanol–water partition coefficient (Wildman–Crippen LogP) is 3.99. The van der Waals surface area contributed by atoms with E-state index in [2.05, 4.69) is 16.0 Å². The van der Waals surface area contributed by atoms with Crippen LogP contribution >= 0.6 is 0 Å². The molecule has 3 N–H and O–H groups in total. The minimum absolute atomic E-state index is 0.308. The second kappa shape index (κ2) is 27.7. The summed E-state index contributed by atoms with van der Waals surface area (Å²) < 4.78 is 0. The van der Waals surface area contributed by atoms with E-state index in [1.165, 1.54) is 80.5 Å². The van der Waals surface area contributed by atoms with Gasteiger partial charge in [-0.15, -0.1) is 0 Å². The molecular weight excluding hydrogens is 781 g/mol. The average molecular weight is 863 g/mol. The topological polar surface area (TPSA) is 189 Å². The van der Waals surface area contributed by atoms with Crippen LogP contribution in [0.2, 0.25) is 0 Å². The summed E-state index contributed by atoms with van der Waals surface area (Å²) in [7, 11) is 7.52. The molecule has 0 saturated carbocycles. The molecule has 61 heavy (non-hydrogen) atoms. The Morgan fingerprint density at radius 3 is 0.869 bits per heavy atom. The predicted molar refractivity (Wildman–Crippen MR) is 238 cm³/mol. The van der Waals surface area contributed by atoms with Gasteiger partial charge in [0, 0.05) is 35.2 Å². The Morgan fingerprint density at radius 1 is 0.344 bits per heavy atom. The number of likely N-dealkylation sites (N-methyl/N-ethyl adjacent to an activating group) is 5. The maximum Gasteiger partial charge on any atom is 0.245 e. The van der Waals surface area contributed by atoms with Crippen LogP contribution in [0.4, 0.5) is 0 Å². The molecule has 1 aliphatic heterocycles. The Labute approximate surface area is 367 Å². The summed E-state index contributed by atoms with van der Waals surface area (Å²) in [5.41, 5.74) is 0. The maximum atomic E-state index is 14.3. The minimum Gasteiger partial charge on any atom is -0.343 e. The van der Waals surface area contributed by atoms with Gasteiger partial charge in [0.2, 0.25) is 47.3 Å². The van der Waals surface area contributed by atoms with E-state index in [4.69, 9.17) is 0 Å². The highest BCUT2D eigenvalue weighted by molar-refractivity contribution is 5.98. The second-order valence-electron chi connectivity index (χ2n) is 17.2. The van der Waals surface area contributed by atoms with Crippen molar-refractivity contribution >= 4 is 47.3 Å². The van der Waals surface area contributed by atoms with Crippen LogP contribution in [-0.2, 0) is 38.4 Å². The normalized spacial score (nSPS) is 26.7. The van der Waals surface area contributed by atoms with Crippen LogP contribution in [0.1, 0.15) is 158 Å². The van der Waals surface area contributed by atoms with Gasteiger partial charge in [-0.2, -0.15) is 0 Å². The smallest absolute Gasteiger partial charge is 0.245 e. The van der Waals surface area contributed by atoms with Crippen molar-refractivity contribution in [1.29, 1.82) is 0 Å². The van der Waals surface area contributed by atoms with Gasteiger partial charge < -0.3 is 40.4 Å². The van der Waals surface area contributed by atoms with Crippen LogP contribution in [0.5, 0.6) is 0 Å². The third-order valence-electron chi connectivity index (χ3n) is 12.3. The molecule has 0 aromatic heterocycles. The molecule has 8 atom stereocenters. The van der Waals surface area contributed by atoms with E-state index >= 15 is 0 Å². The summed E-state index contributed by atoms with van der Waals surface area (Å²) in [6, 6.07) is -8.11. The highest BCUT2D eigenvalue weighted by atomic mass is 16.2. The Morgan fingerprint density at radius 2 is 0.590 bits per heavy atom. The Balaban J connectivity index is 3.88. The SMILES string of the molecule is CCCCC[C@H]1C(=O)N[C@H](C)C(=O)N(C)[C@@H](CCCCC)C(=O)N[C@H](C)C(=O)N(C)[C@@H](CCCCC)C(=O)N[C@H](C)C(=O)N(C)[C@@H](CCCCC)C(=O)N(C)[C@H](C)C(=O)N1C. The van der Waals surface area contributed by atoms with Gasteiger partial charge in [-0.05, 0) is 53.4 Å². The lowest BCUT2D eigenvalue weighted by Gasteiger charge is -2.37. The Bertz CT molecular complexity index is 1460. The quantitative estimate of drug-likeness (QED) is 0.194. The average Bonchev–Trinajstić information content (AvgIpc) is 3.23. The van der Waals surface area contributed by atoms with Crippen molar-refractivity contribution in [3.8, 4) is 0 Å². The highest BCUT2D eigenvalue weighted by Gasteiger charge is 2.40. The van der Waals surface area contributed by atoms with Crippen LogP contribution in [0, 0.1) is 0 Å². The third kappa shape index (κ3) is 16.2. The molecule has 0 aromatic rings. The monoisotopic (exact) mass is 863 g/mol. The van der Waals surface area contributed by atoms with Crippen molar-refractivity contribution in [2.24, 2.45) is 0 Å². The van der Waals surface area contributed by atoms with Crippen LogP contribution in [0.15, 0.2) is 0 Å². The Kier molecular flexibility index (Phi) is 24.8. The second-order valence-corrected chi connectivity index (χ2v) is 17.2. The van der Waals surface area contributed by atoms with Gasteiger partial charge in [0.15, 0.2) is 0 Å². The number of amides is 8. The molecule has 8 amide bonds. The van der Waals surface area contributed by atoms with E-state index in [1.807, 2.05) is 27.7 Å². The van der Waals surface area contributed by atoms with Crippen LogP contribution in [-0.4, -0.2) is 155 Å². The first-order valence-corrected chi connectivity index (χ1v) is 23.0. The van der Waals surface area contributed by atoms with E-state index < -0.39 is 95.6 Å². The number of rotatable bonds is 16. The van der Waals surface area contributed by atoms with Gasteiger partial charge in [0.1, 0.15) is 48.3 Å². The van der Waals surface area contributed by atoms with E-state index in [9.17, 15) is 38.4 Å². The molecule has 0 aliphatic carbocycles. The number of hydrogen-bond acceptors (Lipinski definition) is 8. The lowest BCUT2D eigenvalue weighted by molar-refractivity contribution is -0.152. The van der Waals surface area contributed by atoms with E-state index in [0.29, 0.717) is 51.4 Å². The van der Waals surface area contributed by atoms with E-state index in [-0.39, 0.29) is 0 Å². The lowest BCUT2D eigenvalue weighted by Crippen LogP contribution is -2.61. The van der Waals surface area contributed by atoms with Gasteiger partial charge in [-0.25, -0.2) is 0 Å².